The fourth-order valence-corrected chi connectivity index (χ4v) is 2.81. The maximum atomic E-state index is 14.8. The third kappa shape index (κ3) is 5.48. The van der Waals surface area contributed by atoms with Crippen molar-refractivity contribution < 1.29 is 36.9 Å². The van der Waals surface area contributed by atoms with E-state index in [4.69, 9.17) is 9.47 Å². The molecule has 0 radical (unpaired) electrons. The van der Waals surface area contributed by atoms with Gasteiger partial charge in [0.2, 0.25) is 0 Å². The molecule has 0 saturated heterocycles. The first-order valence-electron chi connectivity index (χ1n) is 9.18. The molecule has 164 valence electrons. The summed E-state index contributed by atoms with van der Waals surface area (Å²) in [4.78, 5) is 10.0. The molecule has 0 atom stereocenters. The van der Waals surface area contributed by atoms with Crippen molar-refractivity contribution in [1.29, 1.82) is 0 Å². The Labute approximate surface area is 181 Å². The molecule has 0 spiro atoms. The fourth-order valence-electron chi connectivity index (χ4n) is 2.81. The number of rotatable bonds is 9. The van der Waals surface area contributed by atoms with Crippen LogP contribution in [-0.4, -0.2) is 13.6 Å². The van der Waals surface area contributed by atoms with Crippen LogP contribution in [0, 0.1) is 17.5 Å². The lowest BCUT2D eigenvalue weighted by atomic mass is 9.99. The van der Waals surface area contributed by atoms with Crippen LogP contribution in [0.3, 0.4) is 0 Å². The zero-order chi connectivity index (χ0) is 22.9. The van der Waals surface area contributed by atoms with Crippen LogP contribution in [0.25, 0.3) is 22.3 Å². The maximum Gasteiger partial charge on any atom is 0.298 e. The van der Waals surface area contributed by atoms with E-state index in [9.17, 15) is 18.0 Å². The van der Waals surface area contributed by atoms with Gasteiger partial charge in [-0.2, -0.15) is 0 Å². The lowest BCUT2D eigenvalue weighted by molar-refractivity contribution is -0.123. The van der Waals surface area contributed by atoms with Gasteiger partial charge in [0, 0.05) is 17.2 Å². The second-order valence-corrected chi connectivity index (χ2v) is 6.23. The van der Waals surface area contributed by atoms with Gasteiger partial charge in [0.25, 0.3) is 6.47 Å². The normalized spacial score (nSPS) is 11.0. The Morgan fingerprint density at radius 3 is 1.94 bits per heavy atom. The van der Waals surface area contributed by atoms with Crippen LogP contribution < -0.4 is 9.47 Å². The van der Waals surface area contributed by atoms with Crippen molar-refractivity contribution in [3.63, 3.8) is 0 Å². The number of carbonyl (C=O) groups is 1. The van der Waals surface area contributed by atoms with E-state index >= 15 is 0 Å². The number of halogens is 3. The predicted molar refractivity (Wildman–Crippen MR) is 111 cm³/mol. The Morgan fingerprint density at radius 1 is 0.688 bits per heavy atom. The standard InChI is InChI=1S/C24H17F3O5/c1-29-8-10-32-24-7-3-17(13-23(24)27)19-5-2-16(12-21(19)25)20-6-4-18(14-22(20)26)31-11-9-30-15-28/h2-15H,1H3/b10-8-,11-9-. The van der Waals surface area contributed by atoms with Crippen LogP contribution in [-0.2, 0) is 14.3 Å². The second kappa shape index (κ2) is 10.7. The summed E-state index contributed by atoms with van der Waals surface area (Å²) >= 11 is 0. The summed E-state index contributed by atoms with van der Waals surface area (Å²) in [7, 11) is 1.42. The van der Waals surface area contributed by atoms with E-state index in [0.717, 1.165) is 30.7 Å². The molecule has 8 heteroatoms. The molecule has 0 heterocycles. The number of ether oxygens (including phenoxy) is 4. The first-order valence-corrected chi connectivity index (χ1v) is 9.18. The van der Waals surface area contributed by atoms with Gasteiger partial charge in [-0.05, 0) is 41.5 Å². The highest BCUT2D eigenvalue weighted by molar-refractivity contribution is 5.72. The molecule has 0 aromatic heterocycles. The summed E-state index contributed by atoms with van der Waals surface area (Å²) in [5.74, 6) is -1.86. The molecule has 0 aliphatic rings. The number of methoxy groups -OCH3 is 1. The van der Waals surface area contributed by atoms with Crippen molar-refractivity contribution in [1.82, 2.24) is 0 Å². The number of hydrogen-bond acceptors (Lipinski definition) is 5. The monoisotopic (exact) mass is 442 g/mol. The zero-order valence-corrected chi connectivity index (χ0v) is 16.8. The molecule has 0 N–H and O–H groups in total. The van der Waals surface area contributed by atoms with Crippen LogP contribution >= 0.6 is 0 Å². The van der Waals surface area contributed by atoms with E-state index in [0.29, 0.717) is 11.1 Å². The first-order chi connectivity index (χ1) is 15.5. The predicted octanol–water partition coefficient (Wildman–Crippen LogP) is 5.96. The molecule has 0 fully saturated rings. The second-order valence-electron chi connectivity index (χ2n) is 6.23. The summed E-state index contributed by atoms with van der Waals surface area (Å²) in [5.41, 5.74) is 0.881. The first kappa shape index (κ1) is 22.5. The van der Waals surface area contributed by atoms with E-state index < -0.39 is 17.5 Å². The molecule has 0 aliphatic heterocycles. The molecule has 0 saturated carbocycles. The quantitative estimate of drug-likeness (QED) is 0.303. The topological polar surface area (TPSA) is 54.0 Å². The third-order valence-corrected chi connectivity index (χ3v) is 4.24. The summed E-state index contributed by atoms with van der Waals surface area (Å²) in [6.07, 6.45) is 4.47. The van der Waals surface area contributed by atoms with Gasteiger partial charge in [-0.15, -0.1) is 0 Å². The van der Waals surface area contributed by atoms with Gasteiger partial charge in [0.15, 0.2) is 11.6 Å². The molecular weight excluding hydrogens is 425 g/mol. The molecule has 0 bridgehead atoms. The van der Waals surface area contributed by atoms with Crippen molar-refractivity contribution in [3.05, 3.63) is 97.1 Å². The van der Waals surface area contributed by atoms with E-state index in [1.54, 1.807) is 0 Å². The minimum atomic E-state index is -0.680. The maximum absolute atomic E-state index is 14.8. The molecule has 3 aromatic rings. The van der Waals surface area contributed by atoms with E-state index in [1.807, 2.05) is 0 Å². The molecule has 0 unspecified atom stereocenters. The zero-order valence-electron chi connectivity index (χ0n) is 16.8. The summed E-state index contributed by atoms with van der Waals surface area (Å²) in [5, 5.41) is 0. The van der Waals surface area contributed by atoms with Crippen molar-refractivity contribution in [2.75, 3.05) is 7.11 Å². The van der Waals surface area contributed by atoms with Crippen molar-refractivity contribution >= 4 is 6.47 Å². The number of hydrogen-bond donors (Lipinski definition) is 0. The molecule has 3 aromatic carbocycles. The average Bonchev–Trinajstić information content (AvgIpc) is 2.78. The SMILES string of the molecule is CO/C=C\Oc1ccc(-c2ccc(-c3ccc(O/C=C\OC=O)cc3F)cc2F)cc1F. The van der Waals surface area contributed by atoms with Gasteiger partial charge < -0.3 is 18.9 Å². The fraction of sp³-hybridized carbons (Fsp3) is 0.0417. The summed E-state index contributed by atoms with van der Waals surface area (Å²) in [6.45, 7) is 0.207. The van der Waals surface area contributed by atoms with Crippen LogP contribution in [0.5, 0.6) is 11.5 Å². The van der Waals surface area contributed by atoms with Gasteiger partial charge >= 0.3 is 0 Å². The van der Waals surface area contributed by atoms with Crippen molar-refractivity contribution in [2.45, 2.75) is 0 Å². The highest BCUT2D eigenvalue weighted by Gasteiger charge is 2.13. The van der Waals surface area contributed by atoms with Crippen LogP contribution in [0.4, 0.5) is 13.2 Å². The molecule has 5 nitrogen and oxygen atoms in total. The van der Waals surface area contributed by atoms with Gasteiger partial charge in [-0.3, -0.25) is 4.79 Å². The Kier molecular flexibility index (Phi) is 7.53. The minimum absolute atomic E-state index is 0.0453. The van der Waals surface area contributed by atoms with E-state index in [2.05, 4.69) is 9.47 Å². The Morgan fingerprint density at radius 2 is 1.31 bits per heavy atom. The highest BCUT2D eigenvalue weighted by atomic mass is 19.1. The largest absolute Gasteiger partial charge is 0.501 e. The smallest absolute Gasteiger partial charge is 0.298 e. The Balaban J connectivity index is 1.81. The molecule has 3 rings (SSSR count). The Bertz CT molecular complexity index is 1160. The molecule has 0 amide bonds. The highest BCUT2D eigenvalue weighted by Crippen LogP contribution is 2.32. The molecule has 32 heavy (non-hydrogen) atoms. The van der Waals surface area contributed by atoms with Crippen LogP contribution in [0.15, 0.2) is 79.6 Å². The number of carbonyl (C=O) groups excluding carboxylic acids is 1. The van der Waals surface area contributed by atoms with Crippen molar-refractivity contribution in [2.24, 2.45) is 0 Å². The van der Waals surface area contributed by atoms with Crippen LogP contribution in [0.2, 0.25) is 0 Å². The van der Waals surface area contributed by atoms with E-state index in [1.165, 1.54) is 56.0 Å². The van der Waals surface area contributed by atoms with Gasteiger partial charge in [0.1, 0.15) is 42.4 Å². The average molecular weight is 442 g/mol. The van der Waals surface area contributed by atoms with Gasteiger partial charge in [-0.25, -0.2) is 13.2 Å². The van der Waals surface area contributed by atoms with E-state index in [-0.39, 0.29) is 29.1 Å². The molecular formula is C24H17F3O5. The van der Waals surface area contributed by atoms with Gasteiger partial charge in [-0.1, -0.05) is 18.2 Å². The lowest BCUT2D eigenvalue weighted by Crippen LogP contribution is -1.92. The lowest BCUT2D eigenvalue weighted by Gasteiger charge is -2.10. The van der Waals surface area contributed by atoms with Crippen molar-refractivity contribution in [3.8, 4) is 33.8 Å². The van der Waals surface area contributed by atoms with Gasteiger partial charge in [0.05, 0.1) is 7.11 Å². The number of benzene rings is 3. The molecule has 0 aliphatic carbocycles. The minimum Gasteiger partial charge on any atom is -0.501 e. The van der Waals surface area contributed by atoms with Crippen LogP contribution in [0.1, 0.15) is 0 Å². The summed E-state index contributed by atoms with van der Waals surface area (Å²) < 4.78 is 62.7. The summed E-state index contributed by atoms with van der Waals surface area (Å²) in [6, 6.07) is 12.1. The Hall–Kier alpha value is -4.20. The third-order valence-electron chi connectivity index (χ3n) is 4.24.